The minimum absolute atomic E-state index is 0.152. The van der Waals surface area contributed by atoms with E-state index in [1.165, 1.54) is 23.1 Å². The second-order valence-corrected chi connectivity index (χ2v) is 5.78. The van der Waals surface area contributed by atoms with Gasteiger partial charge in [0.1, 0.15) is 11.3 Å². The molecule has 0 aliphatic carbocycles. The maximum absolute atomic E-state index is 12.9. The number of pyridine rings is 1. The molecule has 7 heteroatoms. The molecule has 0 fully saturated rings. The van der Waals surface area contributed by atoms with Crippen LogP contribution in [0.3, 0.4) is 0 Å². The predicted molar refractivity (Wildman–Crippen MR) is 92.8 cm³/mol. The maximum Gasteiger partial charge on any atom is 0.308 e. The minimum Gasteiger partial charge on any atom is -0.425 e. The molecule has 0 aliphatic rings. The molecular formula is C18H17N3O4. The molecule has 0 aliphatic heterocycles. The zero-order valence-corrected chi connectivity index (χ0v) is 14.4. The highest BCUT2D eigenvalue weighted by Crippen LogP contribution is 2.33. The Morgan fingerprint density at radius 3 is 2.44 bits per heavy atom. The van der Waals surface area contributed by atoms with Crippen LogP contribution in [0.5, 0.6) is 5.75 Å². The van der Waals surface area contributed by atoms with Gasteiger partial charge in [0, 0.05) is 32.0 Å². The van der Waals surface area contributed by atoms with Gasteiger partial charge in [0.05, 0.1) is 5.52 Å². The second kappa shape index (κ2) is 6.01. The molecule has 2 aromatic heterocycles. The van der Waals surface area contributed by atoms with E-state index in [1.54, 1.807) is 44.3 Å². The van der Waals surface area contributed by atoms with E-state index in [9.17, 15) is 14.4 Å². The lowest BCUT2D eigenvalue weighted by Crippen LogP contribution is -2.21. The largest absolute Gasteiger partial charge is 0.425 e. The van der Waals surface area contributed by atoms with Gasteiger partial charge in [0.2, 0.25) is 5.91 Å². The Bertz CT molecular complexity index is 1080. The van der Waals surface area contributed by atoms with Crippen molar-refractivity contribution in [3.05, 3.63) is 46.4 Å². The van der Waals surface area contributed by atoms with Gasteiger partial charge in [-0.15, -0.1) is 0 Å². The number of nitrogens with zero attached hydrogens (tertiary/aromatic N) is 3. The molecule has 3 rings (SSSR count). The van der Waals surface area contributed by atoms with Crippen LogP contribution in [0, 0.1) is 6.92 Å². The molecule has 1 aromatic carbocycles. The number of aromatic nitrogens is 3. The molecule has 0 spiro atoms. The lowest BCUT2D eigenvalue weighted by molar-refractivity contribution is -0.131. The van der Waals surface area contributed by atoms with Crippen LogP contribution in [0.4, 0.5) is 0 Å². The fourth-order valence-electron chi connectivity index (χ4n) is 2.86. The molecular weight excluding hydrogens is 322 g/mol. The Morgan fingerprint density at radius 1 is 1.16 bits per heavy atom. The second-order valence-electron chi connectivity index (χ2n) is 5.78. The first kappa shape index (κ1) is 16.6. The van der Waals surface area contributed by atoms with Gasteiger partial charge in [0.25, 0.3) is 5.56 Å². The van der Waals surface area contributed by atoms with E-state index in [2.05, 4.69) is 5.10 Å². The fraction of sp³-hybridized carbons (Fsp3) is 0.222. The number of ether oxygens (including phenoxy) is 1. The monoisotopic (exact) mass is 339 g/mol. The zero-order valence-electron chi connectivity index (χ0n) is 14.4. The van der Waals surface area contributed by atoms with Gasteiger partial charge in [-0.1, -0.05) is 12.1 Å². The number of benzene rings is 1. The Kier molecular flexibility index (Phi) is 4.00. The first-order valence-corrected chi connectivity index (χ1v) is 7.69. The smallest absolute Gasteiger partial charge is 0.308 e. The highest BCUT2D eigenvalue weighted by atomic mass is 16.5. The van der Waals surface area contributed by atoms with E-state index < -0.39 is 5.97 Å². The van der Waals surface area contributed by atoms with E-state index in [1.807, 2.05) is 0 Å². The molecule has 0 amide bonds. The van der Waals surface area contributed by atoms with E-state index in [0.717, 1.165) is 0 Å². The summed E-state index contributed by atoms with van der Waals surface area (Å²) in [5.74, 6) is -0.655. The van der Waals surface area contributed by atoms with Gasteiger partial charge in [-0.25, -0.2) is 4.68 Å². The highest BCUT2D eigenvalue weighted by Gasteiger charge is 2.22. The van der Waals surface area contributed by atoms with Crippen molar-refractivity contribution in [2.45, 2.75) is 20.8 Å². The van der Waals surface area contributed by atoms with Gasteiger partial charge in [-0.3, -0.25) is 14.4 Å². The Hall–Kier alpha value is -3.22. The fourth-order valence-corrected chi connectivity index (χ4v) is 2.86. The number of rotatable bonds is 2. The molecule has 0 saturated carbocycles. The molecule has 0 saturated heterocycles. The normalized spacial score (nSPS) is 10.9. The van der Waals surface area contributed by atoms with Crippen molar-refractivity contribution in [2.24, 2.45) is 7.05 Å². The number of fused-ring (bicyclic) bond motifs is 1. The highest BCUT2D eigenvalue weighted by molar-refractivity contribution is 5.94. The van der Waals surface area contributed by atoms with Gasteiger partial charge in [-0.05, 0) is 25.1 Å². The average molecular weight is 339 g/mol. The summed E-state index contributed by atoms with van der Waals surface area (Å²) >= 11 is 0. The van der Waals surface area contributed by atoms with E-state index in [4.69, 9.17) is 4.74 Å². The number of hydrogen-bond acceptors (Lipinski definition) is 5. The van der Waals surface area contributed by atoms with Gasteiger partial charge in [-0.2, -0.15) is 5.10 Å². The summed E-state index contributed by atoms with van der Waals surface area (Å²) in [5.41, 5.74) is 1.31. The Balaban J connectivity index is 2.43. The first-order chi connectivity index (χ1) is 11.8. The SMILES string of the molecule is CC(=O)Oc1c(-c2cc(C)n(C(C)=O)n2)c(=O)n(C)c2ccccc12. The number of esters is 1. The first-order valence-electron chi connectivity index (χ1n) is 7.69. The summed E-state index contributed by atoms with van der Waals surface area (Å²) in [6.45, 7) is 4.37. The van der Waals surface area contributed by atoms with Crippen LogP contribution >= 0.6 is 0 Å². The molecule has 25 heavy (non-hydrogen) atoms. The summed E-state index contributed by atoms with van der Waals surface area (Å²) in [6.07, 6.45) is 0. The molecule has 128 valence electrons. The maximum atomic E-state index is 12.9. The third-order valence-electron chi connectivity index (χ3n) is 3.94. The molecule has 7 nitrogen and oxygen atoms in total. The predicted octanol–water partition coefficient (Wildman–Crippen LogP) is 2.30. The van der Waals surface area contributed by atoms with Crippen molar-refractivity contribution < 1.29 is 14.3 Å². The van der Waals surface area contributed by atoms with Crippen molar-refractivity contribution in [3.63, 3.8) is 0 Å². The quantitative estimate of drug-likeness (QED) is 0.669. The van der Waals surface area contributed by atoms with Gasteiger partial charge in [0.15, 0.2) is 5.75 Å². The number of aryl methyl sites for hydroxylation is 2. The summed E-state index contributed by atoms with van der Waals surface area (Å²) in [7, 11) is 1.64. The van der Waals surface area contributed by atoms with Crippen LogP contribution in [0.15, 0.2) is 35.1 Å². The summed E-state index contributed by atoms with van der Waals surface area (Å²) < 4.78 is 8.05. The molecule has 0 N–H and O–H groups in total. The number of carbonyl (C=O) groups excluding carboxylic acids is 2. The van der Waals surface area contributed by atoms with E-state index in [0.29, 0.717) is 16.6 Å². The van der Waals surface area contributed by atoms with Crippen LogP contribution in [0.25, 0.3) is 22.2 Å². The molecule has 0 atom stereocenters. The van der Waals surface area contributed by atoms with Crippen LogP contribution in [0.1, 0.15) is 24.3 Å². The topological polar surface area (TPSA) is 83.2 Å². The summed E-state index contributed by atoms with van der Waals surface area (Å²) in [5, 5.41) is 4.83. The number of para-hydroxylation sites is 1. The van der Waals surface area contributed by atoms with Crippen LogP contribution in [-0.2, 0) is 11.8 Å². The van der Waals surface area contributed by atoms with Crippen molar-refractivity contribution >= 4 is 22.8 Å². The van der Waals surface area contributed by atoms with Crippen LogP contribution in [0.2, 0.25) is 0 Å². The standard InChI is InChI=1S/C18H17N3O4/c1-10-9-14(19-21(10)11(2)22)16-17(25-12(3)23)13-7-5-6-8-15(13)20(4)18(16)24/h5-9H,1-4H3. The van der Waals surface area contributed by atoms with Crippen LogP contribution < -0.4 is 10.3 Å². The van der Waals surface area contributed by atoms with Gasteiger partial charge >= 0.3 is 5.97 Å². The minimum atomic E-state index is -0.539. The van der Waals surface area contributed by atoms with Gasteiger partial charge < -0.3 is 9.30 Å². The molecule has 0 radical (unpaired) electrons. The van der Waals surface area contributed by atoms with Crippen molar-refractivity contribution in [2.75, 3.05) is 0 Å². The Labute approximate surface area is 143 Å². The van der Waals surface area contributed by atoms with E-state index in [-0.39, 0.29) is 28.5 Å². The lowest BCUT2D eigenvalue weighted by atomic mass is 10.1. The average Bonchev–Trinajstić information content (AvgIpc) is 2.94. The molecule has 0 unspecified atom stereocenters. The van der Waals surface area contributed by atoms with Crippen LogP contribution in [-0.4, -0.2) is 26.2 Å². The molecule has 3 aromatic rings. The van der Waals surface area contributed by atoms with Crippen molar-refractivity contribution in [1.82, 2.24) is 14.3 Å². The lowest BCUT2D eigenvalue weighted by Gasteiger charge is -2.13. The number of hydrogen-bond donors (Lipinski definition) is 0. The number of carbonyl (C=O) groups is 2. The Morgan fingerprint density at radius 2 is 1.84 bits per heavy atom. The third kappa shape index (κ3) is 2.73. The van der Waals surface area contributed by atoms with Crippen molar-refractivity contribution in [3.8, 4) is 17.0 Å². The van der Waals surface area contributed by atoms with E-state index >= 15 is 0 Å². The molecule has 0 bridgehead atoms. The van der Waals surface area contributed by atoms with Crippen molar-refractivity contribution in [1.29, 1.82) is 0 Å². The summed E-state index contributed by atoms with van der Waals surface area (Å²) in [6, 6.07) is 8.76. The zero-order chi connectivity index (χ0) is 18.3. The third-order valence-corrected chi connectivity index (χ3v) is 3.94. The summed E-state index contributed by atoms with van der Waals surface area (Å²) in [4.78, 5) is 36.2. The molecule has 2 heterocycles.